The van der Waals surface area contributed by atoms with E-state index in [1.165, 1.54) is 98.6 Å². The van der Waals surface area contributed by atoms with Crippen molar-refractivity contribution >= 4 is 30.0 Å². The molecule has 0 fully saturated rings. The van der Waals surface area contributed by atoms with Gasteiger partial charge in [-0.1, -0.05) is 50.3 Å². The monoisotopic (exact) mass is 437 g/mol. The van der Waals surface area contributed by atoms with Gasteiger partial charge in [-0.25, -0.2) is 4.57 Å². The lowest BCUT2D eigenvalue weighted by atomic mass is 9.87. The maximum absolute atomic E-state index is 4.29. The Labute approximate surface area is 195 Å². The minimum Gasteiger partial charge on any atom is -0.378 e. The van der Waals surface area contributed by atoms with Crippen LogP contribution in [0.25, 0.3) is 11.6 Å². The number of pyridine rings is 1. The van der Waals surface area contributed by atoms with Crippen molar-refractivity contribution in [3.05, 3.63) is 59.4 Å². The van der Waals surface area contributed by atoms with Gasteiger partial charge in [0, 0.05) is 37.8 Å². The van der Waals surface area contributed by atoms with Gasteiger partial charge >= 0.3 is 0 Å². The van der Waals surface area contributed by atoms with Gasteiger partial charge in [0.1, 0.15) is 6.54 Å². The molecular weight excluding hydrogens is 396 g/mol. The highest BCUT2D eigenvalue weighted by Gasteiger charge is 2.18. The molecule has 3 rings (SSSR count). The average molecular weight is 438 g/mol. The Balaban J connectivity index is 1.54. The minimum atomic E-state index is 1.04. The van der Waals surface area contributed by atoms with Crippen LogP contribution in [0.4, 0.5) is 5.69 Å². The zero-order chi connectivity index (χ0) is 21.9. The number of aromatic nitrogens is 1. The van der Waals surface area contributed by atoms with Crippen LogP contribution in [0.2, 0.25) is 0 Å². The second kappa shape index (κ2) is 13.0. The number of rotatable bonds is 12. The molecule has 0 unspecified atom stereocenters. The van der Waals surface area contributed by atoms with Crippen LogP contribution in [0.3, 0.4) is 0 Å². The molecule has 1 aliphatic rings. The number of thiol groups is 1. The van der Waals surface area contributed by atoms with E-state index in [0.29, 0.717) is 0 Å². The molecule has 0 aliphatic heterocycles. The van der Waals surface area contributed by atoms with Crippen LogP contribution in [0.15, 0.2) is 42.7 Å². The Morgan fingerprint density at radius 1 is 0.871 bits per heavy atom. The van der Waals surface area contributed by atoms with Crippen LogP contribution in [0, 0.1) is 0 Å². The molecule has 0 atom stereocenters. The largest absolute Gasteiger partial charge is 0.378 e. The van der Waals surface area contributed by atoms with Crippen LogP contribution >= 0.6 is 12.6 Å². The summed E-state index contributed by atoms with van der Waals surface area (Å²) in [4.78, 5) is 2.15. The van der Waals surface area contributed by atoms with E-state index in [9.17, 15) is 0 Å². The lowest BCUT2D eigenvalue weighted by molar-refractivity contribution is -0.697. The molecule has 0 bridgehead atoms. The Morgan fingerprint density at radius 3 is 2.23 bits per heavy atom. The molecule has 2 aromatic rings. The van der Waals surface area contributed by atoms with Crippen LogP contribution < -0.4 is 9.47 Å². The fourth-order valence-electron chi connectivity index (χ4n) is 4.50. The van der Waals surface area contributed by atoms with Crippen molar-refractivity contribution < 1.29 is 4.57 Å². The Bertz CT molecular complexity index is 823. The fraction of sp³-hybridized carbons (Fsp3) is 0.536. The van der Waals surface area contributed by atoms with Gasteiger partial charge in [0.15, 0.2) is 12.4 Å². The van der Waals surface area contributed by atoms with Gasteiger partial charge < -0.3 is 4.90 Å². The summed E-state index contributed by atoms with van der Waals surface area (Å²) in [6.45, 7) is 1.14. The summed E-state index contributed by atoms with van der Waals surface area (Å²) in [5.41, 5.74) is 7.03. The summed E-state index contributed by atoms with van der Waals surface area (Å²) in [6, 6.07) is 11.3. The van der Waals surface area contributed by atoms with Gasteiger partial charge in [0.2, 0.25) is 0 Å². The van der Waals surface area contributed by atoms with E-state index in [0.717, 1.165) is 12.3 Å². The van der Waals surface area contributed by atoms with Crippen molar-refractivity contribution in [1.82, 2.24) is 0 Å². The quantitative estimate of drug-likeness (QED) is 0.214. The second-order valence-corrected chi connectivity index (χ2v) is 9.63. The van der Waals surface area contributed by atoms with Gasteiger partial charge in [0.25, 0.3) is 0 Å². The first-order valence-corrected chi connectivity index (χ1v) is 12.9. The molecule has 1 aliphatic carbocycles. The van der Waals surface area contributed by atoms with E-state index in [2.05, 4.69) is 85.0 Å². The van der Waals surface area contributed by atoms with Gasteiger partial charge in [-0.2, -0.15) is 12.6 Å². The third kappa shape index (κ3) is 7.71. The SMILES string of the molecule is CN(C)c1ccc(/C=C2\CCCc3cc[n+](CCCCCCCCCCS)cc32)cc1. The number of anilines is 1. The van der Waals surface area contributed by atoms with Crippen molar-refractivity contribution in [2.75, 3.05) is 24.7 Å². The first-order chi connectivity index (χ1) is 15.2. The molecule has 1 heterocycles. The first kappa shape index (κ1) is 23.9. The van der Waals surface area contributed by atoms with E-state index in [1.54, 1.807) is 0 Å². The lowest BCUT2D eigenvalue weighted by Gasteiger charge is -2.18. The normalized spacial score (nSPS) is 14.6. The predicted molar refractivity (Wildman–Crippen MR) is 139 cm³/mol. The van der Waals surface area contributed by atoms with E-state index in [1.807, 2.05) is 0 Å². The summed E-state index contributed by atoms with van der Waals surface area (Å²) in [6.07, 6.45) is 21.5. The summed E-state index contributed by atoms with van der Waals surface area (Å²) in [7, 11) is 4.18. The molecule has 3 heteroatoms. The Hall–Kier alpha value is -1.74. The van der Waals surface area contributed by atoms with Gasteiger partial charge in [-0.05, 0) is 66.7 Å². The first-order valence-electron chi connectivity index (χ1n) is 12.3. The Kier molecular flexibility index (Phi) is 9.99. The molecule has 1 aromatic heterocycles. The van der Waals surface area contributed by atoms with Gasteiger partial charge in [0.05, 0.1) is 0 Å². The predicted octanol–water partition coefficient (Wildman–Crippen LogP) is 6.97. The highest BCUT2D eigenvalue weighted by atomic mass is 32.1. The second-order valence-electron chi connectivity index (χ2n) is 9.18. The molecule has 0 saturated heterocycles. The van der Waals surface area contributed by atoms with Crippen molar-refractivity contribution in [2.45, 2.75) is 77.2 Å². The smallest absolute Gasteiger partial charge is 0.176 e. The van der Waals surface area contributed by atoms with Crippen LogP contribution in [0.1, 0.15) is 80.9 Å². The molecule has 1 aromatic carbocycles. The van der Waals surface area contributed by atoms with Crippen LogP contribution in [0.5, 0.6) is 0 Å². The molecule has 2 nitrogen and oxygen atoms in total. The van der Waals surface area contributed by atoms with Gasteiger partial charge in [-0.3, -0.25) is 0 Å². The van der Waals surface area contributed by atoms with E-state index >= 15 is 0 Å². The van der Waals surface area contributed by atoms with Crippen molar-refractivity contribution in [3.63, 3.8) is 0 Å². The third-order valence-corrected chi connectivity index (χ3v) is 6.74. The Morgan fingerprint density at radius 2 is 1.55 bits per heavy atom. The standard InChI is InChI=1S/C28H40N2S/c1-29(2)27-16-14-24(15-17-27)22-26-13-11-12-25-18-20-30(23-28(25)26)19-9-7-5-3-4-6-8-10-21-31/h14-18,20,22-23H,3-13,19,21H2,1-2H3/p+1/b26-22+. The average Bonchev–Trinajstić information content (AvgIpc) is 2.78. The summed E-state index contributed by atoms with van der Waals surface area (Å²) in [5.74, 6) is 1.04. The number of aryl methyl sites for hydroxylation is 2. The highest BCUT2D eigenvalue weighted by molar-refractivity contribution is 7.80. The topological polar surface area (TPSA) is 7.12 Å². The molecule has 0 amide bonds. The molecule has 31 heavy (non-hydrogen) atoms. The number of benzene rings is 1. The maximum atomic E-state index is 4.29. The summed E-state index contributed by atoms with van der Waals surface area (Å²) >= 11 is 4.29. The lowest BCUT2D eigenvalue weighted by Crippen LogP contribution is -2.34. The fourth-order valence-corrected chi connectivity index (χ4v) is 4.73. The zero-order valence-electron chi connectivity index (χ0n) is 19.7. The maximum Gasteiger partial charge on any atom is 0.176 e. The van der Waals surface area contributed by atoms with Gasteiger partial charge in [-0.15, -0.1) is 0 Å². The van der Waals surface area contributed by atoms with Crippen LogP contribution in [-0.2, 0) is 13.0 Å². The minimum absolute atomic E-state index is 1.04. The molecule has 0 spiro atoms. The summed E-state index contributed by atoms with van der Waals surface area (Å²) < 4.78 is 2.42. The number of allylic oxidation sites excluding steroid dienone is 1. The molecule has 0 N–H and O–H groups in total. The van der Waals surface area contributed by atoms with E-state index < -0.39 is 0 Å². The van der Waals surface area contributed by atoms with E-state index in [4.69, 9.17) is 0 Å². The number of hydrogen-bond acceptors (Lipinski definition) is 2. The zero-order valence-corrected chi connectivity index (χ0v) is 20.5. The molecular formula is C28H41N2S+. The highest BCUT2D eigenvalue weighted by Crippen LogP contribution is 2.31. The number of fused-ring (bicyclic) bond motifs is 1. The van der Waals surface area contributed by atoms with Crippen molar-refractivity contribution in [3.8, 4) is 0 Å². The third-order valence-electron chi connectivity index (χ3n) is 6.42. The number of hydrogen-bond donors (Lipinski definition) is 1. The molecule has 0 saturated carbocycles. The molecule has 0 radical (unpaired) electrons. The molecule has 168 valence electrons. The van der Waals surface area contributed by atoms with E-state index in [-0.39, 0.29) is 0 Å². The number of unbranched alkanes of at least 4 members (excludes halogenated alkanes) is 7. The summed E-state index contributed by atoms with van der Waals surface area (Å²) in [5, 5.41) is 0. The van der Waals surface area contributed by atoms with Crippen molar-refractivity contribution in [2.24, 2.45) is 0 Å². The van der Waals surface area contributed by atoms with Crippen LogP contribution in [-0.4, -0.2) is 19.8 Å². The number of nitrogens with zero attached hydrogens (tertiary/aromatic N) is 2. The van der Waals surface area contributed by atoms with Crippen molar-refractivity contribution in [1.29, 1.82) is 0 Å².